The molecule has 0 unspecified atom stereocenters. The largest absolute Gasteiger partial charge is 0.353 e. The quantitative estimate of drug-likeness (QED) is 0.464. The zero-order valence-electron chi connectivity index (χ0n) is 8.21. The molecule has 0 aromatic rings. The summed E-state index contributed by atoms with van der Waals surface area (Å²) in [6.07, 6.45) is 2.82. The van der Waals surface area contributed by atoms with Gasteiger partial charge in [-0.15, -0.1) is 0 Å². The second-order valence-corrected chi connectivity index (χ2v) is 3.51. The van der Waals surface area contributed by atoms with Crippen LogP contribution in [-0.2, 0) is 14.3 Å². The van der Waals surface area contributed by atoms with E-state index in [-0.39, 0.29) is 11.6 Å². The molecule has 0 amide bonds. The third-order valence-electron chi connectivity index (χ3n) is 2.24. The first-order valence-electron chi connectivity index (χ1n) is 4.85. The number of ether oxygens (including phenoxy) is 1. The summed E-state index contributed by atoms with van der Waals surface area (Å²) >= 11 is 0. The molecule has 1 saturated heterocycles. The number of unbranched alkanes of at least 4 members (excludes halogenated alkanes) is 2. The van der Waals surface area contributed by atoms with Crippen LogP contribution in [-0.4, -0.2) is 23.8 Å². The lowest BCUT2D eigenvalue weighted by atomic mass is 10.1. The van der Waals surface area contributed by atoms with Crippen molar-refractivity contribution in [3.8, 4) is 0 Å². The number of hydrogen-bond acceptors (Lipinski definition) is 3. The molecule has 0 aromatic heterocycles. The Kier molecular flexibility index (Phi) is 3.60. The smallest absolute Gasteiger partial charge is 0.164 e. The van der Waals surface area contributed by atoms with Crippen LogP contribution in [0.4, 0.5) is 0 Å². The van der Waals surface area contributed by atoms with Gasteiger partial charge in [-0.2, -0.15) is 0 Å². The zero-order valence-corrected chi connectivity index (χ0v) is 8.21. The van der Waals surface area contributed by atoms with Gasteiger partial charge in [-0.3, -0.25) is 9.59 Å². The minimum absolute atomic E-state index is 0.0335. The predicted octanol–water partition coefficient (Wildman–Crippen LogP) is 1.49. The van der Waals surface area contributed by atoms with E-state index < -0.39 is 12.2 Å². The molecule has 3 heteroatoms. The molecule has 0 spiro atoms. The van der Waals surface area contributed by atoms with Crippen molar-refractivity contribution in [1.82, 2.24) is 0 Å². The van der Waals surface area contributed by atoms with E-state index in [4.69, 9.17) is 4.74 Å². The number of ketones is 2. The average Bonchev–Trinajstić information content (AvgIpc) is 2.83. The van der Waals surface area contributed by atoms with Crippen LogP contribution in [0, 0.1) is 0 Å². The number of hydrogen-bond donors (Lipinski definition) is 0. The van der Waals surface area contributed by atoms with Crippen molar-refractivity contribution in [3.63, 3.8) is 0 Å². The molecular formula is C10H16O3. The van der Waals surface area contributed by atoms with E-state index in [2.05, 4.69) is 6.92 Å². The second kappa shape index (κ2) is 4.51. The number of Topliss-reactive ketones (excluding diaryl/α,β-unsaturated/α-hetero) is 2. The summed E-state index contributed by atoms with van der Waals surface area (Å²) in [5.74, 6) is 0.0579. The lowest BCUT2D eigenvalue weighted by Gasteiger charge is -1.94. The Hall–Kier alpha value is -0.700. The summed E-state index contributed by atoms with van der Waals surface area (Å²) < 4.78 is 4.97. The Morgan fingerprint density at radius 2 is 1.92 bits per heavy atom. The fourth-order valence-electron chi connectivity index (χ4n) is 1.36. The highest BCUT2D eigenvalue weighted by Crippen LogP contribution is 2.25. The van der Waals surface area contributed by atoms with Crippen molar-refractivity contribution in [2.45, 2.75) is 51.7 Å². The van der Waals surface area contributed by atoms with Gasteiger partial charge in [0.05, 0.1) is 0 Å². The van der Waals surface area contributed by atoms with Gasteiger partial charge in [0.15, 0.2) is 11.6 Å². The highest BCUT2D eigenvalue weighted by Gasteiger charge is 2.47. The summed E-state index contributed by atoms with van der Waals surface area (Å²) in [5, 5.41) is 0. The topological polar surface area (TPSA) is 46.7 Å². The average molecular weight is 184 g/mol. The van der Waals surface area contributed by atoms with E-state index in [1.807, 2.05) is 0 Å². The SMILES string of the molecule is CCCCCC(=O)[C@H]1O[C@@H]1C(C)=O. The van der Waals surface area contributed by atoms with Crippen molar-refractivity contribution in [3.05, 3.63) is 0 Å². The molecule has 1 fully saturated rings. The van der Waals surface area contributed by atoms with Crippen molar-refractivity contribution in [2.75, 3.05) is 0 Å². The maximum absolute atomic E-state index is 11.3. The van der Waals surface area contributed by atoms with E-state index in [9.17, 15) is 9.59 Å². The van der Waals surface area contributed by atoms with Crippen molar-refractivity contribution in [1.29, 1.82) is 0 Å². The first-order chi connectivity index (χ1) is 6.16. The maximum Gasteiger partial charge on any atom is 0.164 e. The summed E-state index contributed by atoms with van der Waals surface area (Å²) in [6.45, 7) is 3.56. The Morgan fingerprint density at radius 1 is 1.23 bits per heavy atom. The fourth-order valence-corrected chi connectivity index (χ4v) is 1.36. The number of epoxide rings is 1. The molecule has 2 atom stereocenters. The van der Waals surface area contributed by atoms with Gasteiger partial charge in [-0.1, -0.05) is 19.8 Å². The van der Waals surface area contributed by atoms with Crippen LogP contribution in [0.2, 0.25) is 0 Å². The van der Waals surface area contributed by atoms with Gasteiger partial charge < -0.3 is 4.74 Å². The van der Waals surface area contributed by atoms with Crippen molar-refractivity contribution in [2.24, 2.45) is 0 Å². The Balaban J connectivity index is 2.16. The Labute approximate surface area is 78.5 Å². The van der Waals surface area contributed by atoms with E-state index in [0.717, 1.165) is 19.3 Å². The zero-order chi connectivity index (χ0) is 9.84. The predicted molar refractivity (Wildman–Crippen MR) is 48.5 cm³/mol. The maximum atomic E-state index is 11.3. The van der Waals surface area contributed by atoms with Crippen LogP contribution >= 0.6 is 0 Å². The van der Waals surface area contributed by atoms with Crippen LogP contribution in [0.1, 0.15) is 39.5 Å². The molecule has 0 aliphatic carbocycles. The first-order valence-corrected chi connectivity index (χ1v) is 4.85. The van der Waals surface area contributed by atoms with Crippen molar-refractivity contribution < 1.29 is 14.3 Å². The lowest BCUT2D eigenvalue weighted by Crippen LogP contribution is -2.13. The summed E-state index contributed by atoms with van der Waals surface area (Å²) in [6, 6.07) is 0. The summed E-state index contributed by atoms with van der Waals surface area (Å²) in [4.78, 5) is 22.1. The number of carbonyl (C=O) groups is 2. The van der Waals surface area contributed by atoms with Gasteiger partial charge in [-0.05, 0) is 13.3 Å². The lowest BCUT2D eigenvalue weighted by molar-refractivity contribution is -0.121. The molecule has 74 valence electrons. The standard InChI is InChI=1S/C10H16O3/c1-3-4-5-6-8(12)10-9(13-10)7(2)11/h9-10H,3-6H2,1-2H3/t9-,10-/m1/s1. The molecule has 0 N–H and O–H groups in total. The molecule has 1 aliphatic heterocycles. The molecule has 0 bridgehead atoms. The van der Waals surface area contributed by atoms with Gasteiger partial charge in [0.25, 0.3) is 0 Å². The van der Waals surface area contributed by atoms with E-state index in [1.165, 1.54) is 6.92 Å². The van der Waals surface area contributed by atoms with Gasteiger partial charge >= 0.3 is 0 Å². The number of carbonyl (C=O) groups excluding carboxylic acids is 2. The first kappa shape index (κ1) is 10.4. The molecule has 1 aliphatic rings. The molecule has 1 heterocycles. The van der Waals surface area contributed by atoms with E-state index in [1.54, 1.807) is 0 Å². The van der Waals surface area contributed by atoms with E-state index >= 15 is 0 Å². The molecule has 13 heavy (non-hydrogen) atoms. The fraction of sp³-hybridized carbons (Fsp3) is 0.800. The van der Waals surface area contributed by atoms with Gasteiger partial charge in [-0.25, -0.2) is 0 Å². The van der Waals surface area contributed by atoms with Gasteiger partial charge in [0.2, 0.25) is 0 Å². The number of rotatable bonds is 6. The van der Waals surface area contributed by atoms with Crippen LogP contribution in [0.3, 0.4) is 0 Å². The molecule has 0 saturated carbocycles. The molecule has 1 rings (SSSR count). The van der Waals surface area contributed by atoms with Crippen LogP contribution < -0.4 is 0 Å². The van der Waals surface area contributed by atoms with Gasteiger partial charge in [0.1, 0.15) is 12.2 Å². The molecule has 0 aromatic carbocycles. The summed E-state index contributed by atoms with van der Waals surface area (Å²) in [7, 11) is 0. The summed E-state index contributed by atoms with van der Waals surface area (Å²) in [5.41, 5.74) is 0. The molecular weight excluding hydrogens is 168 g/mol. The third-order valence-corrected chi connectivity index (χ3v) is 2.24. The second-order valence-electron chi connectivity index (χ2n) is 3.51. The van der Waals surface area contributed by atoms with Crippen molar-refractivity contribution >= 4 is 11.6 Å². The van der Waals surface area contributed by atoms with Crippen LogP contribution in [0.5, 0.6) is 0 Å². The van der Waals surface area contributed by atoms with E-state index in [0.29, 0.717) is 6.42 Å². The molecule has 3 nitrogen and oxygen atoms in total. The van der Waals surface area contributed by atoms with Crippen LogP contribution in [0.15, 0.2) is 0 Å². The Morgan fingerprint density at radius 3 is 2.38 bits per heavy atom. The highest BCUT2D eigenvalue weighted by atomic mass is 16.6. The Bertz CT molecular complexity index is 210. The normalized spacial score (nSPS) is 25.7. The minimum Gasteiger partial charge on any atom is -0.353 e. The molecule has 0 radical (unpaired) electrons. The van der Waals surface area contributed by atoms with Gasteiger partial charge in [0, 0.05) is 6.42 Å². The monoisotopic (exact) mass is 184 g/mol. The minimum atomic E-state index is -0.422. The highest BCUT2D eigenvalue weighted by molar-refractivity contribution is 5.95. The third kappa shape index (κ3) is 2.92. The van der Waals surface area contributed by atoms with Crippen LogP contribution in [0.25, 0.3) is 0 Å².